The van der Waals surface area contributed by atoms with Crippen LogP contribution in [0.15, 0.2) is 30.3 Å². The molecule has 1 fully saturated rings. The van der Waals surface area contributed by atoms with Crippen LogP contribution in [-0.4, -0.2) is 13.2 Å². The van der Waals surface area contributed by atoms with Crippen LogP contribution in [-0.2, 0) is 11.2 Å². The van der Waals surface area contributed by atoms with E-state index in [-0.39, 0.29) is 0 Å². The first-order valence-electron chi connectivity index (χ1n) is 4.47. The third kappa shape index (κ3) is 1.67. The summed E-state index contributed by atoms with van der Waals surface area (Å²) in [6, 6.07) is 10.6. The molecular formula is C11H14O. The number of ether oxygens (including phenoxy) is 1. The van der Waals surface area contributed by atoms with Crippen molar-refractivity contribution in [2.24, 2.45) is 5.92 Å². The van der Waals surface area contributed by atoms with E-state index < -0.39 is 0 Å². The normalized spacial score (nSPS) is 27.1. The van der Waals surface area contributed by atoms with Crippen molar-refractivity contribution in [2.75, 3.05) is 7.11 Å². The zero-order chi connectivity index (χ0) is 8.39. The van der Waals surface area contributed by atoms with Gasteiger partial charge in [-0.1, -0.05) is 30.3 Å². The lowest BCUT2D eigenvalue weighted by Crippen LogP contribution is -1.94. The Bertz CT molecular complexity index is 242. The predicted octanol–water partition coefficient (Wildman–Crippen LogP) is 2.26. The minimum Gasteiger partial charge on any atom is -0.381 e. The molecule has 0 spiro atoms. The van der Waals surface area contributed by atoms with Crippen molar-refractivity contribution >= 4 is 0 Å². The fourth-order valence-electron chi connectivity index (χ4n) is 1.64. The molecule has 0 heterocycles. The van der Waals surface area contributed by atoms with Crippen molar-refractivity contribution in [3.63, 3.8) is 0 Å². The molecule has 1 aliphatic rings. The third-order valence-electron chi connectivity index (χ3n) is 2.50. The van der Waals surface area contributed by atoms with Crippen LogP contribution >= 0.6 is 0 Å². The first-order valence-corrected chi connectivity index (χ1v) is 4.47. The standard InChI is InChI=1S/C11H14O/c1-12-11-8-10(11)7-9-5-3-2-4-6-9/h2-6,10-11H,7-8H2,1H3/t10-,11+/m0/s1. The number of hydrogen-bond donors (Lipinski definition) is 0. The highest BCUT2D eigenvalue weighted by molar-refractivity contribution is 5.17. The molecule has 1 aliphatic carbocycles. The van der Waals surface area contributed by atoms with Crippen LogP contribution in [0.2, 0.25) is 0 Å². The van der Waals surface area contributed by atoms with Gasteiger partial charge in [0, 0.05) is 7.11 Å². The number of rotatable bonds is 3. The molecule has 0 aromatic heterocycles. The lowest BCUT2D eigenvalue weighted by Gasteiger charge is -1.98. The van der Waals surface area contributed by atoms with E-state index in [0.717, 1.165) is 5.92 Å². The summed E-state index contributed by atoms with van der Waals surface area (Å²) >= 11 is 0. The Morgan fingerprint density at radius 2 is 2.08 bits per heavy atom. The van der Waals surface area contributed by atoms with Gasteiger partial charge in [0.25, 0.3) is 0 Å². The van der Waals surface area contributed by atoms with Crippen molar-refractivity contribution in [3.05, 3.63) is 35.9 Å². The fraction of sp³-hybridized carbons (Fsp3) is 0.455. The monoisotopic (exact) mass is 162 g/mol. The van der Waals surface area contributed by atoms with E-state index in [2.05, 4.69) is 30.3 Å². The van der Waals surface area contributed by atoms with Gasteiger partial charge in [0.2, 0.25) is 0 Å². The second-order valence-corrected chi connectivity index (χ2v) is 3.46. The van der Waals surface area contributed by atoms with Crippen LogP contribution < -0.4 is 0 Å². The van der Waals surface area contributed by atoms with Crippen molar-refractivity contribution in [3.8, 4) is 0 Å². The van der Waals surface area contributed by atoms with Crippen molar-refractivity contribution < 1.29 is 4.74 Å². The Morgan fingerprint density at radius 3 is 2.67 bits per heavy atom. The Morgan fingerprint density at radius 1 is 1.33 bits per heavy atom. The van der Waals surface area contributed by atoms with Crippen LogP contribution in [0.1, 0.15) is 12.0 Å². The number of hydrogen-bond acceptors (Lipinski definition) is 1. The Labute approximate surface area is 73.4 Å². The zero-order valence-corrected chi connectivity index (χ0v) is 7.36. The highest BCUT2D eigenvalue weighted by Gasteiger charge is 2.36. The van der Waals surface area contributed by atoms with Gasteiger partial charge in [-0.3, -0.25) is 0 Å². The van der Waals surface area contributed by atoms with Crippen LogP contribution in [0, 0.1) is 5.92 Å². The van der Waals surface area contributed by atoms with Gasteiger partial charge < -0.3 is 4.74 Å². The predicted molar refractivity (Wildman–Crippen MR) is 49.1 cm³/mol. The maximum absolute atomic E-state index is 5.25. The quantitative estimate of drug-likeness (QED) is 0.662. The van der Waals surface area contributed by atoms with E-state index >= 15 is 0 Å². The van der Waals surface area contributed by atoms with Gasteiger partial charge in [-0.25, -0.2) is 0 Å². The average molecular weight is 162 g/mol. The summed E-state index contributed by atoms with van der Waals surface area (Å²) in [5, 5.41) is 0. The summed E-state index contributed by atoms with van der Waals surface area (Å²) in [5.74, 6) is 0.775. The summed E-state index contributed by atoms with van der Waals surface area (Å²) in [7, 11) is 1.80. The minimum atomic E-state index is 0.533. The van der Waals surface area contributed by atoms with Crippen molar-refractivity contribution in [1.29, 1.82) is 0 Å². The van der Waals surface area contributed by atoms with Gasteiger partial charge in [0.05, 0.1) is 6.10 Å². The molecule has 0 aliphatic heterocycles. The maximum Gasteiger partial charge on any atom is 0.0607 e. The van der Waals surface area contributed by atoms with Crippen LogP contribution in [0.5, 0.6) is 0 Å². The van der Waals surface area contributed by atoms with Crippen LogP contribution in [0.3, 0.4) is 0 Å². The molecule has 2 atom stereocenters. The van der Waals surface area contributed by atoms with Crippen molar-refractivity contribution in [2.45, 2.75) is 18.9 Å². The summed E-state index contributed by atoms with van der Waals surface area (Å²) in [5.41, 5.74) is 1.43. The van der Waals surface area contributed by atoms with Gasteiger partial charge in [0.1, 0.15) is 0 Å². The molecule has 1 saturated carbocycles. The van der Waals surface area contributed by atoms with Crippen LogP contribution in [0.25, 0.3) is 0 Å². The van der Waals surface area contributed by atoms with Gasteiger partial charge >= 0.3 is 0 Å². The Balaban J connectivity index is 1.89. The molecule has 0 bridgehead atoms. The van der Waals surface area contributed by atoms with Gasteiger partial charge in [-0.05, 0) is 24.3 Å². The summed E-state index contributed by atoms with van der Waals surface area (Å²) in [4.78, 5) is 0. The SMILES string of the molecule is CO[C@@H]1C[C@@H]1Cc1ccccc1. The lowest BCUT2D eigenvalue weighted by atomic mass is 10.1. The Kier molecular flexibility index (Phi) is 2.13. The van der Waals surface area contributed by atoms with Gasteiger partial charge in [-0.2, -0.15) is 0 Å². The van der Waals surface area contributed by atoms with E-state index in [0.29, 0.717) is 6.10 Å². The minimum absolute atomic E-state index is 0.533. The van der Waals surface area contributed by atoms with E-state index in [1.165, 1.54) is 18.4 Å². The van der Waals surface area contributed by atoms with E-state index in [4.69, 9.17) is 4.74 Å². The molecule has 0 saturated heterocycles. The lowest BCUT2D eigenvalue weighted by molar-refractivity contribution is 0.169. The second kappa shape index (κ2) is 3.28. The number of methoxy groups -OCH3 is 1. The largest absolute Gasteiger partial charge is 0.381 e. The van der Waals surface area contributed by atoms with Crippen LogP contribution in [0.4, 0.5) is 0 Å². The molecule has 1 nitrogen and oxygen atoms in total. The molecule has 0 amide bonds. The molecule has 0 N–H and O–H groups in total. The maximum atomic E-state index is 5.25. The zero-order valence-electron chi connectivity index (χ0n) is 7.36. The molecule has 64 valence electrons. The van der Waals surface area contributed by atoms with E-state index in [1.807, 2.05) is 0 Å². The third-order valence-corrected chi connectivity index (χ3v) is 2.50. The van der Waals surface area contributed by atoms with Gasteiger partial charge in [0.15, 0.2) is 0 Å². The smallest absolute Gasteiger partial charge is 0.0607 e. The molecule has 12 heavy (non-hydrogen) atoms. The summed E-state index contributed by atoms with van der Waals surface area (Å²) in [6.07, 6.45) is 2.95. The fourth-order valence-corrected chi connectivity index (χ4v) is 1.64. The highest BCUT2D eigenvalue weighted by atomic mass is 16.5. The Hall–Kier alpha value is -0.820. The first-order chi connectivity index (χ1) is 5.90. The molecular weight excluding hydrogens is 148 g/mol. The molecule has 1 aromatic rings. The van der Waals surface area contributed by atoms with Gasteiger partial charge in [-0.15, -0.1) is 0 Å². The molecule has 2 rings (SSSR count). The molecule has 1 heteroatoms. The average Bonchev–Trinajstić information content (AvgIpc) is 2.85. The summed E-state index contributed by atoms with van der Waals surface area (Å²) < 4.78 is 5.25. The highest BCUT2D eigenvalue weighted by Crippen LogP contribution is 2.35. The number of benzene rings is 1. The summed E-state index contributed by atoms with van der Waals surface area (Å²) in [6.45, 7) is 0. The molecule has 1 aromatic carbocycles. The van der Waals surface area contributed by atoms with E-state index in [1.54, 1.807) is 7.11 Å². The first kappa shape index (κ1) is 7.81. The molecule has 0 unspecified atom stereocenters. The van der Waals surface area contributed by atoms with E-state index in [9.17, 15) is 0 Å². The van der Waals surface area contributed by atoms with Crippen molar-refractivity contribution in [1.82, 2.24) is 0 Å². The second-order valence-electron chi connectivity index (χ2n) is 3.46. The molecule has 0 radical (unpaired) electrons. The topological polar surface area (TPSA) is 9.23 Å².